The molecule has 0 aliphatic carbocycles. The quantitative estimate of drug-likeness (QED) is 0.596. The van der Waals surface area contributed by atoms with E-state index in [-0.39, 0.29) is 0 Å². The molecule has 15 heavy (non-hydrogen) atoms. The van der Waals surface area contributed by atoms with Crippen LogP contribution in [0.15, 0.2) is 55.4 Å². The van der Waals surface area contributed by atoms with Gasteiger partial charge in [-0.3, -0.25) is 9.97 Å². The summed E-state index contributed by atoms with van der Waals surface area (Å²) < 4.78 is 2.06. The molecule has 0 radical (unpaired) electrons. The normalized spacial score (nSPS) is 10.7. The minimum Gasteiger partial charge on any atom is -0.320 e. The molecule has 0 N–H and O–H groups in total. The van der Waals surface area contributed by atoms with E-state index in [0.29, 0.717) is 0 Å². The number of nitrogens with zero attached hydrogens (tertiary/aromatic N) is 3. The van der Waals surface area contributed by atoms with Crippen molar-refractivity contribution in [1.82, 2.24) is 14.4 Å². The SMILES string of the molecule is c1cc(-c2ccn3ccncc23)ccn1. The third kappa shape index (κ3) is 1.29. The smallest absolute Gasteiger partial charge is 0.0713 e. The van der Waals surface area contributed by atoms with Gasteiger partial charge in [-0.05, 0) is 23.8 Å². The Morgan fingerprint density at radius 3 is 2.60 bits per heavy atom. The molecule has 3 aromatic heterocycles. The van der Waals surface area contributed by atoms with Gasteiger partial charge in [0.05, 0.1) is 11.7 Å². The average molecular weight is 195 g/mol. The molecule has 3 heterocycles. The van der Waals surface area contributed by atoms with Crippen molar-refractivity contribution in [3.05, 3.63) is 55.4 Å². The van der Waals surface area contributed by atoms with E-state index < -0.39 is 0 Å². The second-order valence-electron chi connectivity index (χ2n) is 3.33. The zero-order valence-corrected chi connectivity index (χ0v) is 8.04. The highest BCUT2D eigenvalue weighted by molar-refractivity contribution is 5.80. The van der Waals surface area contributed by atoms with Crippen molar-refractivity contribution in [3.8, 4) is 11.1 Å². The molecule has 0 saturated carbocycles. The fraction of sp³-hybridized carbons (Fsp3) is 0. The molecule has 3 heteroatoms. The fourth-order valence-electron chi connectivity index (χ4n) is 1.73. The molecule has 0 aliphatic heterocycles. The lowest BCUT2D eigenvalue weighted by Gasteiger charge is -1.98. The Balaban J connectivity index is 2.28. The van der Waals surface area contributed by atoms with Gasteiger partial charge < -0.3 is 4.40 Å². The monoisotopic (exact) mass is 195 g/mol. The highest BCUT2D eigenvalue weighted by Gasteiger charge is 2.03. The highest BCUT2D eigenvalue weighted by Crippen LogP contribution is 2.23. The number of hydrogen-bond acceptors (Lipinski definition) is 2. The van der Waals surface area contributed by atoms with Crippen molar-refractivity contribution < 1.29 is 0 Å². The van der Waals surface area contributed by atoms with E-state index in [1.54, 1.807) is 18.6 Å². The number of pyridine rings is 1. The van der Waals surface area contributed by atoms with Gasteiger partial charge in [0.25, 0.3) is 0 Å². The second kappa shape index (κ2) is 3.20. The van der Waals surface area contributed by atoms with Crippen LogP contribution in [0.3, 0.4) is 0 Å². The topological polar surface area (TPSA) is 30.2 Å². The molecule has 0 bridgehead atoms. The van der Waals surface area contributed by atoms with Gasteiger partial charge in [-0.2, -0.15) is 0 Å². The van der Waals surface area contributed by atoms with E-state index in [1.165, 1.54) is 11.1 Å². The molecule has 0 aliphatic rings. The summed E-state index contributed by atoms with van der Waals surface area (Å²) in [7, 11) is 0. The van der Waals surface area contributed by atoms with Crippen LogP contribution in [0, 0.1) is 0 Å². The number of aromatic nitrogens is 3. The summed E-state index contributed by atoms with van der Waals surface area (Å²) in [5, 5.41) is 0. The van der Waals surface area contributed by atoms with Crippen molar-refractivity contribution >= 4 is 5.52 Å². The van der Waals surface area contributed by atoms with Gasteiger partial charge in [0.1, 0.15) is 0 Å². The van der Waals surface area contributed by atoms with Gasteiger partial charge in [0.2, 0.25) is 0 Å². The van der Waals surface area contributed by atoms with Gasteiger partial charge in [-0.25, -0.2) is 0 Å². The Kier molecular flexibility index (Phi) is 1.75. The Morgan fingerprint density at radius 1 is 0.867 bits per heavy atom. The summed E-state index contributed by atoms with van der Waals surface area (Å²) in [6.45, 7) is 0. The maximum atomic E-state index is 4.13. The standard InChI is InChI=1S/C12H9N3/c1-4-13-5-2-10(1)11-3-7-15-8-6-14-9-12(11)15/h1-9H. The van der Waals surface area contributed by atoms with Crippen LogP contribution in [-0.2, 0) is 0 Å². The van der Waals surface area contributed by atoms with Crippen LogP contribution in [0.5, 0.6) is 0 Å². The number of hydrogen-bond donors (Lipinski definition) is 0. The maximum absolute atomic E-state index is 4.13. The summed E-state index contributed by atoms with van der Waals surface area (Å²) >= 11 is 0. The molecule has 0 amide bonds. The number of fused-ring (bicyclic) bond motifs is 1. The van der Waals surface area contributed by atoms with Crippen molar-refractivity contribution in [2.75, 3.05) is 0 Å². The van der Waals surface area contributed by atoms with Crippen molar-refractivity contribution in [3.63, 3.8) is 0 Å². The lowest BCUT2D eigenvalue weighted by atomic mass is 10.1. The third-order valence-electron chi connectivity index (χ3n) is 2.46. The zero-order valence-electron chi connectivity index (χ0n) is 8.04. The lowest BCUT2D eigenvalue weighted by Crippen LogP contribution is -1.83. The first-order chi connectivity index (χ1) is 7.45. The summed E-state index contributed by atoms with van der Waals surface area (Å²) in [6.07, 6.45) is 11.2. The highest BCUT2D eigenvalue weighted by atomic mass is 14.9. The Bertz CT molecular complexity index is 584. The average Bonchev–Trinajstić information content (AvgIpc) is 2.74. The molecule has 0 aromatic carbocycles. The predicted molar refractivity (Wildman–Crippen MR) is 58.4 cm³/mol. The first kappa shape index (κ1) is 8.17. The predicted octanol–water partition coefficient (Wildman–Crippen LogP) is 2.40. The van der Waals surface area contributed by atoms with Crippen LogP contribution >= 0.6 is 0 Å². The molecule has 0 spiro atoms. The minimum atomic E-state index is 1.11. The molecule has 0 fully saturated rings. The molecule has 0 saturated heterocycles. The van der Waals surface area contributed by atoms with E-state index in [4.69, 9.17) is 0 Å². The zero-order chi connectivity index (χ0) is 10.1. The summed E-state index contributed by atoms with van der Waals surface area (Å²) in [5.41, 5.74) is 3.47. The Morgan fingerprint density at radius 2 is 1.73 bits per heavy atom. The van der Waals surface area contributed by atoms with Crippen molar-refractivity contribution in [2.45, 2.75) is 0 Å². The van der Waals surface area contributed by atoms with Crippen LogP contribution in [0.2, 0.25) is 0 Å². The molecule has 3 rings (SSSR count). The molecule has 3 nitrogen and oxygen atoms in total. The molecular weight excluding hydrogens is 186 g/mol. The van der Waals surface area contributed by atoms with E-state index >= 15 is 0 Å². The maximum Gasteiger partial charge on any atom is 0.0713 e. The van der Waals surface area contributed by atoms with E-state index in [2.05, 4.69) is 20.4 Å². The van der Waals surface area contributed by atoms with E-state index in [1.807, 2.05) is 30.7 Å². The van der Waals surface area contributed by atoms with Crippen LogP contribution in [0.4, 0.5) is 0 Å². The molecule has 0 unspecified atom stereocenters. The van der Waals surface area contributed by atoms with Crippen LogP contribution in [0.1, 0.15) is 0 Å². The van der Waals surface area contributed by atoms with Gasteiger partial charge >= 0.3 is 0 Å². The van der Waals surface area contributed by atoms with Gasteiger partial charge in [-0.15, -0.1) is 0 Å². The van der Waals surface area contributed by atoms with Gasteiger partial charge in [-0.1, -0.05) is 0 Å². The molecule has 0 atom stereocenters. The first-order valence-electron chi connectivity index (χ1n) is 4.76. The molecule has 3 aromatic rings. The fourth-order valence-corrected chi connectivity index (χ4v) is 1.73. The Labute approximate surface area is 87.0 Å². The third-order valence-corrected chi connectivity index (χ3v) is 2.46. The second-order valence-corrected chi connectivity index (χ2v) is 3.33. The largest absolute Gasteiger partial charge is 0.320 e. The van der Waals surface area contributed by atoms with Gasteiger partial charge in [0, 0.05) is 36.5 Å². The Hall–Kier alpha value is -2.16. The van der Waals surface area contributed by atoms with Crippen molar-refractivity contribution in [2.24, 2.45) is 0 Å². The first-order valence-corrected chi connectivity index (χ1v) is 4.76. The van der Waals surface area contributed by atoms with Crippen LogP contribution < -0.4 is 0 Å². The lowest BCUT2D eigenvalue weighted by molar-refractivity contribution is 1.14. The van der Waals surface area contributed by atoms with Crippen LogP contribution in [-0.4, -0.2) is 14.4 Å². The van der Waals surface area contributed by atoms with E-state index in [9.17, 15) is 0 Å². The van der Waals surface area contributed by atoms with Gasteiger partial charge in [0.15, 0.2) is 0 Å². The molecular formula is C12H9N3. The molecule has 72 valence electrons. The summed E-state index contributed by atoms with van der Waals surface area (Å²) in [5.74, 6) is 0. The van der Waals surface area contributed by atoms with Crippen LogP contribution in [0.25, 0.3) is 16.6 Å². The van der Waals surface area contributed by atoms with E-state index in [0.717, 1.165) is 5.52 Å². The van der Waals surface area contributed by atoms with Crippen molar-refractivity contribution in [1.29, 1.82) is 0 Å². The summed E-state index contributed by atoms with van der Waals surface area (Å²) in [4.78, 5) is 8.15. The number of rotatable bonds is 1. The minimum absolute atomic E-state index is 1.11. The summed E-state index contributed by atoms with van der Waals surface area (Å²) in [6, 6.07) is 6.09.